The maximum absolute atomic E-state index is 12.5. The smallest absolute Gasteiger partial charge is 0.432 e. The van der Waals surface area contributed by atoms with Crippen LogP contribution in [-0.2, 0) is 9.53 Å². The number of hydrogen-bond donors (Lipinski definition) is 1. The molecule has 0 aliphatic heterocycles. The fraction of sp³-hybridized carbons (Fsp3) is 0.167. The van der Waals surface area contributed by atoms with Crippen molar-refractivity contribution in [3.05, 3.63) is 90.3 Å². The first-order chi connectivity index (χ1) is 16.0. The summed E-state index contributed by atoms with van der Waals surface area (Å²) in [6.45, 7) is 1.90. The molecule has 2 aromatic carbocycles. The third kappa shape index (κ3) is 6.88. The van der Waals surface area contributed by atoms with Gasteiger partial charge in [-0.05, 0) is 48.9 Å². The highest BCUT2D eigenvalue weighted by Crippen LogP contribution is 2.24. The predicted molar refractivity (Wildman–Crippen MR) is 126 cm³/mol. The van der Waals surface area contributed by atoms with Gasteiger partial charge in [-0.2, -0.15) is 0 Å². The fourth-order valence-electron chi connectivity index (χ4n) is 2.84. The molecule has 0 fully saturated rings. The largest absolute Gasteiger partial charge is 0.513 e. The van der Waals surface area contributed by atoms with Crippen LogP contribution in [0.4, 0.5) is 10.5 Å². The minimum atomic E-state index is -0.834. The monoisotopic (exact) mass is 511 g/mol. The Morgan fingerprint density at radius 3 is 2.42 bits per heavy atom. The van der Waals surface area contributed by atoms with E-state index >= 15 is 0 Å². The summed E-state index contributed by atoms with van der Waals surface area (Å²) in [5.41, 5.74) is 1.84. The van der Waals surface area contributed by atoms with Crippen molar-refractivity contribution in [2.45, 2.75) is 12.8 Å². The molecule has 0 saturated heterocycles. The molecule has 1 aromatic heterocycles. The first-order valence-electron chi connectivity index (χ1n) is 10.1. The summed E-state index contributed by atoms with van der Waals surface area (Å²) >= 11 is 3.28. The maximum atomic E-state index is 12.5. The number of pyridine rings is 1. The molecule has 0 bridgehead atoms. The van der Waals surface area contributed by atoms with E-state index in [-0.39, 0.29) is 25.0 Å². The molecule has 0 aliphatic rings. The number of ether oxygens (including phenoxy) is 2. The van der Waals surface area contributed by atoms with E-state index in [1.54, 1.807) is 79.9 Å². The van der Waals surface area contributed by atoms with E-state index in [0.29, 0.717) is 17.0 Å². The second-order valence-electron chi connectivity index (χ2n) is 6.95. The van der Waals surface area contributed by atoms with Crippen LogP contribution < -0.4 is 14.0 Å². The number of nitrogens with one attached hydrogen (secondary N) is 1. The molecule has 170 valence electrons. The van der Waals surface area contributed by atoms with Crippen molar-refractivity contribution < 1.29 is 23.9 Å². The molecule has 0 aliphatic carbocycles. The number of anilines is 1. The van der Waals surface area contributed by atoms with Crippen LogP contribution in [0.25, 0.3) is 0 Å². The zero-order valence-electron chi connectivity index (χ0n) is 17.8. The summed E-state index contributed by atoms with van der Waals surface area (Å²) in [7, 11) is 0. The second kappa shape index (κ2) is 11.8. The number of rotatable bonds is 8. The molecule has 2 amide bonds. The molecule has 1 unspecified atom stereocenters. The first-order valence-corrected chi connectivity index (χ1v) is 10.8. The third-order valence-corrected chi connectivity index (χ3v) is 5.40. The molecule has 9 heteroatoms. The summed E-state index contributed by atoms with van der Waals surface area (Å²) < 4.78 is 11.3. The summed E-state index contributed by atoms with van der Waals surface area (Å²) in [5, 5.41) is 2.72. The number of halogens is 1. The molecular weight excluding hydrogens is 490 g/mol. The molecule has 8 nitrogen and oxygen atoms in total. The van der Waals surface area contributed by atoms with E-state index in [9.17, 15) is 14.4 Å². The number of para-hydroxylation sites is 1. The van der Waals surface area contributed by atoms with Crippen LogP contribution >= 0.6 is 16.1 Å². The number of benzene rings is 2. The highest BCUT2D eigenvalue weighted by molar-refractivity contribution is 9.10. The zero-order valence-corrected chi connectivity index (χ0v) is 19.4. The number of hydrogen-bond acceptors (Lipinski definition) is 6. The molecular formula is C24H22BrN3O5. The van der Waals surface area contributed by atoms with E-state index in [4.69, 9.17) is 9.47 Å². The molecule has 1 atom stereocenters. The Labute approximate surface area is 199 Å². The lowest BCUT2D eigenvalue weighted by molar-refractivity contribution is -0.122. The Hall–Kier alpha value is -3.72. The highest BCUT2D eigenvalue weighted by atomic mass is 79.9. The van der Waals surface area contributed by atoms with Gasteiger partial charge in [-0.15, -0.1) is 0 Å². The van der Waals surface area contributed by atoms with Gasteiger partial charge in [-0.25, -0.2) is 8.72 Å². The first kappa shape index (κ1) is 23.9. The van der Waals surface area contributed by atoms with E-state index in [1.165, 1.54) is 10.1 Å². The van der Waals surface area contributed by atoms with Crippen LogP contribution in [0.1, 0.15) is 28.8 Å². The van der Waals surface area contributed by atoms with Crippen molar-refractivity contribution in [3.63, 3.8) is 0 Å². The van der Waals surface area contributed by atoms with Crippen LogP contribution in [0, 0.1) is 0 Å². The maximum Gasteiger partial charge on any atom is 0.513 e. The van der Waals surface area contributed by atoms with Gasteiger partial charge in [0, 0.05) is 12.4 Å². The van der Waals surface area contributed by atoms with Gasteiger partial charge in [0.05, 0.1) is 39.9 Å². The number of nitrogens with zero attached hydrogens (tertiary/aromatic N) is 2. The molecule has 3 aromatic rings. The quantitative estimate of drug-likeness (QED) is 0.207. The number of aromatic nitrogens is 1. The third-order valence-electron chi connectivity index (χ3n) is 4.67. The molecule has 3 rings (SSSR count). The van der Waals surface area contributed by atoms with Crippen molar-refractivity contribution in [2.24, 2.45) is 0 Å². The van der Waals surface area contributed by atoms with Gasteiger partial charge in [0.25, 0.3) is 5.91 Å². The number of carbonyl (C=O) groups is 3. The molecule has 0 saturated carbocycles. The average Bonchev–Trinajstić information content (AvgIpc) is 2.86. The normalized spacial score (nSPS) is 11.2. The molecule has 0 radical (unpaired) electrons. The van der Waals surface area contributed by atoms with Gasteiger partial charge in [-0.3, -0.25) is 14.6 Å². The number of amides is 2. The Kier molecular flexibility index (Phi) is 8.54. The van der Waals surface area contributed by atoms with Crippen molar-refractivity contribution >= 4 is 39.8 Å². The lowest BCUT2D eigenvalue weighted by atomic mass is 10.00. The Morgan fingerprint density at radius 2 is 1.76 bits per heavy atom. The van der Waals surface area contributed by atoms with E-state index in [2.05, 4.69) is 26.4 Å². The van der Waals surface area contributed by atoms with Crippen LogP contribution in [0.2, 0.25) is 0 Å². The van der Waals surface area contributed by atoms with Crippen molar-refractivity contribution in [3.8, 4) is 5.75 Å². The summed E-state index contributed by atoms with van der Waals surface area (Å²) in [5.74, 6) is -0.529. The minimum Gasteiger partial charge on any atom is -0.432 e. The lowest BCUT2D eigenvalue weighted by Gasteiger charge is -2.17. The van der Waals surface area contributed by atoms with Gasteiger partial charge in [0.2, 0.25) is 5.91 Å². The Morgan fingerprint density at radius 1 is 1.03 bits per heavy atom. The molecule has 33 heavy (non-hydrogen) atoms. The van der Waals surface area contributed by atoms with Gasteiger partial charge < -0.3 is 14.8 Å². The topological polar surface area (TPSA) is 97.8 Å². The molecule has 1 heterocycles. The molecule has 0 spiro atoms. The zero-order chi connectivity index (χ0) is 23.6. The average molecular weight is 512 g/mol. The van der Waals surface area contributed by atoms with Gasteiger partial charge in [0.15, 0.2) is 0 Å². The lowest BCUT2D eigenvalue weighted by Crippen LogP contribution is -2.31. The van der Waals surface area contributed by atoms with E-state index in [0.717, 1.165) is 5.56 Å². The predicted octanol–water partition coefficient (Wildman–Crippen LogP) is 4.47. The van der Waals surface area contributed by atoms with E-state index < -0.39 is 12.1 Å². The van der Waals surface area contributed by atoms with Gasteiger partial charge >= 0.3 is 6.16 Å². The van der Waals surface area contributed by atoms with Crippen molar-refractivity contribution in [1.82, 2.24) is 10.3 Å². The molecule has 1 N–H and O–H groups in total. The Balaban J connectivity index is 1.45. The number of carbonyl (C=O) groups excluding carboxylic acids is 3. The van der Waals surface area contributed by atoms with Crippen LogP contribution in [0.5, 0.6) is 5.75 Å². The fourth-order valence-corrected chi connectivity index (χ4v) is 3.28. The van der Waals surface area contributed by atoms with Crippen molar-refractivity contribution in [1.29, 1.82) is 0 Å². The van der Waals surface area contributed by atoms with Crippen LogP contribution in [-0.4, -0.2) is 36.1 Å². The second-order valence-corrected chi connectivity index (χ2v) is 7.65. The standard InChI is InChI=1S/C24H22BrN3O5/c1-17(22(29)27-14-15-32-24(31)33-21-7-3-2-4-8-21)18-9-11-20(12-10-18)28(25)23(30)19-6-5-13-26-16-19/h2-13,16-17H,14-15H2,1H3,(H,27,29). The minimum absolute atomic E-state index is 0.0158. The summed E-state index contributed by atoms with van der Waals surface area (Å²) in [6.07, 6.45) is 2.25. The van der Waals surface area contributed by atoms with Crippen LogP contribution in [0.3, 0.4) is 0 Å². The Bertz CT molecular complexity index is 1080. The van der Waals surface area contributed by atoms with Gasteiger partial charge in [0.1, 0.15) is 12.4 Å². The van der Waals surface area contributed by atoms with E-state index in [1.807, 2.05) is 0 Å². The summed E-state index contributed by atoms with van der Waals surface area (Å²) in [6, 6.07) is 19.0. The SMILES string of the molecule is CC(C(=O)NCCOC(=O)Oc1ccccc1)c1ccc(N(Br)C(=O)c2cccnc2)cc1. The van der Waals surface area contributed by atoms with Crippen LogP contribution in [0.15, 0.2) is 79.1 Å². The van der Waals surface area contributed by atoms with Crippen molar-refractivity contribution in [2.75, 3.05) is 17.1 Å². The highest BCUT2D eigenvalue weighted by Gasteiger charge is 2.18. The summed E-state index contributed by atoms with van der Waals surface area (Å²) in [4.78, 5) is 40.5. The van der Waals surface area contributed by atoms with Gasteiger partial charge in [-0.1, -0.05) is 30.3 Å².